The zero-order chi connectivity index (χ0) is 15.6. The Labute approximate surface area is 144 Å². The molecule has 0 aromatic heterocycles. The second-order valence-electron chi connectivity index (χ2n) is 4.56. The first kappa shape index (κ1) is 16.9. The van der Waals surface area contributed by atoms with Crippen LogP contribution in [0.2, 0.25) is 5.02 Å². The summed E-state index contributed by atoms with van der Waals surface area (Å²) in [7, 11) is 1.67. The van der Waals surface area contributed by atoms with Crippen LogP contribution in [0.15, 0.2) is 39.3 Å². The van der Waals surface area contributed by atoms with E-state index in [1.165, 1.54) is 12.1 Å². The summed E-state index contributed by atoms with van der Waals surface area (Å²) in [5, 5.41) is 3.50. The summed E-state index contributed by atoms with van der Waals surface area (Å²) in [5.74, 6) is -1.18. The maximum absolute atomic E-state index is 14.1. The van der Waals surface area contributed by atoms with Crippen molar-refractivity contribution in [1.29, 1.82) is 0 Å². The van der Waals surface area contributed by atoms with E-state index in [9.17, 15) is 8.78 Å². The van der Waals surface area contributed by atoms with Crippen molar-refractivity contribution in [2.75, 3.05) is 7.05 Å². The van der Waals surface area contributed by atoms with E-state index in [2.05, 4.69) is 37.2 Å². The van der Waals surface area contributed by atoms with E-state index >= 15 is 0 Å². The molecular formula is C15H12Br2ClF2N. The van der Waals surface area contributed by atoms with E-state index in [4.69, 9.17) is 11.6 Å². The molecule has 1 nitrogen and oxygen atoms in total. The molecule has 0 aliphatic heterocycles. The van der Waals surface area contributed by atoms with Crippen LogP contribution in [0.25, 0.3) is 0 Å². The first-order valence-electron chi connectivity index (χ1n) is 6.18. The Morgan fingerprint density at radius 2 is 1.71 bits per heavy atom. The Morgan fingerprint density at radius 1 is 1.10 bits per heavy atom. The molecule has 2 aromatic carbocycles. The summed E-state index contributed by atoms with van der Waals surface area (Å²) in [6.07, 6.45) is 0.387. The SMILES string of the molecule is CNC(Cc1ccc(Br)cc1Cl)c1c(F)cc(Br)cc1F. The van der Waals surface area contributed by atoms with Crippen LogP contribution in [-0.2, 0) is 6.42 Å². The van der Waals surface area contributed by atoms with Crippen LogP contribution in [0.1, 0.15) is 17.2 Å². The third-order valence-electron chi connectivity index (χ3n) is 3.18. The fraction of sp³-hybridized carbons (Fsp3) is 0.200. The van der Waals surface area contributed by atoms with E-state index in [0.717, 1.165) is 10.0 Å². The first-order valence-corrected chi connectivity index (χ1v) is 8.14. The summed E-state index contributed by atoms with van der Waals surface area (Å²) >= 11 is 12.6. The maximum atomic E-state index is 14.1. The van der Waals surface area contributed by atoms with Gasteiger partial charge >= 0.3 is 0 Å². The predicted octanol–water partition coefficient (Wildman–Crippen LogP) is 5.65. The van der Waals surface area contributed by atoms with Gasteiger partial charge in [-0.05, 0) is 43.3 Å². The van der Waals surface area contributed by atoms with Crippen molar-refractivity contribution in [2.24, 2.45) is 0 Å². The molecule has 0 aliphatic carbocycles. The second kappa shape index (κ2) is 7.18. The highest BCUT2D eigenvalue weighted by Gasteiger charge is 2.21. The van der Waals surface area contributed by atoms with Gasteiger partial charge in [-0.25, -0.2) is 8.78 Å². The van der Waals surface area contributed by atoms with E-state index in [0.29, 0.717) is 15.9 Å². The third kappa shape index (κ3) is 4.03. The molecule has 1 unspecified atom stereocenters. The van der Waals surface area contributed by atoms with Crippen LogP contribution in [0.3, 0.4) is 0 Å². The average Bonchev–Trinajstić information content (AvgIpc) is 2.39. The Kier molecular flexibility index (Phi) is 5.77. The summed E-state index contributed by atoms with van der Waals surface area (Å²) in [6.45, 7) is 0. The topological polar surface area (TPSA) is 12.0 Å². The zero-order valence-corrected chi connectivity index (χ0v) is 15.0. The second-order valence-corrected chi connectivity index (χ2v) is 6.80. The zero-order valence-electron chi connectivity index (χ0n) is 11.1. The molecule has 0 spiro atoms. The minimum atomic E-state index is -0.588. The highest BCUT2D eigenvalue weighted by molar-refractivity contribution is 9.10. The van der Waals surface area contributed by atoms with Gasteiger partial charge in [0.15, 0.2) is 0 Å². The van der Waals surface area contributed by atoms with Gasteiger partial charge in [-0.15, -0.1) is 0 Å². The highest BCUT2D eigenvalue weighted by Crippen LogP contribution is 2.30. The molecule has 0 saturated heterocycles. The first-order chi connectivity index (χ1) is 9.92. The van der Waals surface area contributed by atoms with Crippen LogP contribution in [0.4, 0.5) is 8.78 Å². The molecule has 21 heavy (non-hydrogen) atoms. The number of nitrogens with one attached hydrogen (secondary N) is 1. The lowest BCUT2D eigenvalue weighted by molar-refractivity contribution is 0.488. The third-order valence-corrected chi connectivity index (χ3v) is 4.48. The van der Waals surface area contributed by atoms with E-state index in [1.54, 1.807) is 13.1 Å². The van der Waals surface area contributed by atoms with Crippen molar-refractivity contribution in [3.05, 3.63) is 67.1 Å². The Morgan fingerprint density at radius 3 is 2.24 bits per heavy atom. The van der Waals surface area contributed by atoms with E-state index in [-0.39, 0.29) is 5.56 Å². The van der Waals surface area contributed by atoms with Crippen molar-refractivity contribution < 1.29 is 8.78 Å². The van der Waals surface area contributed by atoms with Gasteiger partial charge in [-0.3, -0.25) is 0 Å². The molecule has 6 heteroatoms. The van der Waals surface area contributed by atoms with Crippen molar-refractivity contribution >= 4 is 43.5 Å². The van der Waals surface area contributed by atoms with Crippen molar-refractivity contribution in [3.8, 4) is 0 Å². The van der Waals surface area contributed by atoms with Crippen LogP contribution in [0, 0.1) is 11.6 Å². The van der Waals surface area contributed by atoms with E-state index in [1.807, 2.05) is 12.1 Å². The van der Waals surface area contributed by atoms with Gasteiger partial charge in [-0.1, -0.05) is 49.5 Å². The Hall–Kier alpha value is -0.490. The Bertz CT molecular complexity index is 641. The monoisotopic (exact) mass is 437 g/mol. The number of benzene rings is 2. The normalized spacial score (nSPS) is 12.5. The van der Waals surface area contributed by atoms with Gasteiger partial charge in [0.25, 0.3) is 0 Å². The lowest BCUT2D eigenvalue weighted by Crippen LogP contribution is -2.21. The van der Waals surface area contributed by atoms with Gasteiger partial charge in [0, 0.05) is 25.6 Å². The molecule has 0 saturated carbocycles. The Balaban J connectivity index is 2.37. The molecule has 112 valence electrons. The molecule has 2 aromatic rings. The number of rotatable bonds is 4. The molecule has 1 N–H and O–H groups in total. The lowest BCUT2D eigenvalue weighted by Gasteiger charge is -2.19. The summed E-state index contributed by atoms with van der Waals surface area (Å²) in [6, 6.07) is 7.46. The van der Waals surface area contributed by atoms with Crippen LogP contribution >= 0.6 is 43.5 Å². The molecule has 0 radical (unpaired) electrons. The quantitative estimate of drug-likeness (QED) is 0.650. The fourth-order valence-electron chi connectivity index (χ4n) is 2.14. The van der Waals surface area contributed by atoms with Gasteiger partial charge in [-0.2, -0.15) is 0 Å². The van der Waals surface area contributed by atoms with Gasteiger partial charge in [0.1, 0.15) is 11.6 Å². The molecular weight excluding hydrogens is 427 g/mol. The summed E-state index contributed by atoms with van der Waals surface area (Å²) in [5.41, 5.74) is 0.834. The minimum absolute atomic E-state index is 0.0136. The van der Waals surface area contributed by atoms with Crippen LogP contribution in [-0.4, -0.2) is 7.05 Å². The lowest BCUT2D eigenvalue weighted by atomic mass is 9.98. The fourth-order valence-corrected chi connectivity index (χ4v) is 3.29. The van der Waals surface area contributed by atoms with E-state index < -0.39 is 17.7 Å². The van der Waals surface area contributed by atoms with Gasteiger partial charge in [0.05, 0.1) is 0 Å². The standard InChI is InChI=1S/C15H12Br2ClF2N/c1-21-14(4-8-2-3-9(16)5-11(8)18)15-12(19)6-10(17)7-13(15)20/h2-3,5-7,14,21H,4H2,1H3. The molecule has 1 atom stereocenters. The summed E-state index contributed by atoms with van der Waals surface area (Å²) < 4.78 is 29.4. The van der Waals surface area contributed by atoms with Crippen molar-refractivity contribution in [3.63, 3.8) is 0 Å². The number of hydrogen-bond donors (Lipinski definition) is 1. The smallest absolute Gasteiger partial charge is 0.132 e. The maximum Gasteiger partial charge on any atom is 0.132 e. The minimum Gasteiger partial charge on any atom is -0.313 e. The van der Waals surface area contributed by atoms with Crippen LogP contribution < -0.4 is 5.32 Å². The van der Waals surface area contributed by atoms with Crippen molar-refractivity contribution in [2.45, 2.75) is 12.5 Å². The van der Waals surface area contributed by atoms with Gasteiger partial charge in [0.2, 0.25) is 0 Å². The number of halogens is 5. The van der Waals surface area contributed by atoms with Crippen molar-refractivity contribution in [1.82, 2.24) is 5.32 Å². The van der Waals surface area contributed by atoms with Gasteiger partial charge < -0.3 is 5.32 Å². The highest BCUT2D eigenvalue weighted by atomic mass is 79.9. The molecule has 2 rings (SSSR count). The van der Waals surface area contributed by atoms with Crippen LogP contribution in [0.5, 0.6) is 0 Å². The molecule has 0 heterocycles. The molecule has 0 fully saturated rings. The molecule has 0 amide bonds. The number of likely N-dealkylation sites (N-methyl/N-ethyl adjacent to an activating group) is 1. The summed E-state index contributed by atoms with van der Waals surface area (Å²) in [4.78, 5) is 0. The largest absolute Gasteiger partial charge is 0.313 e. The molecule has 0 bridgehead atoms. The average molecular weight is 440 g/mol. The number of hydrogen-bond acceptors (Lipinski definition) is 1. The predicted molar refractivity (Wildman–Crippen MR) is 88.7 cm³/mol. The molecule has 0 aliphatic rings.